The lowest BCUT2D eigenvalue weighted by Crippen LogP contribution is -2.36. The molecule has 0 saturated carbocycles. The standard InChI is InChI=1S/C20H22N4.HI/c1-2-21-20(24-15-19-9-5-6-12-22-19)23-14-16-10-11-17-7-3-4-8-18(17)13-16;/h3-13H,2,14-15H2,1H3,(H2,21,23,24);1H. The van der Waals surface area contributed by atoms with E-state index in [9.17, 15) is 0 Å². The van der Waals surface area contributed by atoms with Gasteiger partial charge in [-0.05, 0) is 41.5 Å². The van der Waals surface area contributed by atoms with Crippen LogP contribution < -0.4 is 10.6 Å². The van der Waals surface area contributed by atoms with Gasteiger partial charge in [0.25, 0.3) is 0 Å². The molecule has 4 nitrogen and oxygen atoms in total. The highest BCUT2D eigenvalue weighted by Gasteiger charge is 2.00. The minimum absolute atomic E-state index is 0. The van der Waals surface area contributed by atoms with Gasteiger partial charge in [-0.3, -0.25) is 4.98 Å². The number of pyridine rings is 1. The fourth-order valence-electron chi connectivity index (χ4n) is 2.53. The van der Waals surface area contributed by atoms with Crippen LogP contribution in [0, 0.1) is 0 Å². The van der Waals surface area contributed by atoms with E-state index >= 15 is 0 Å². The molecule has 1 aromatic heterocycles. The molecule has 0 radical (unpaired) electrons. The van der Waals surface area contributed by atoms with Crippen molar-refractivity contribution in [2.45, 2.75) is 20.0 Å². The van der Waals surface area contributed by atoms with Crippen LogP contribution in [0.25, 0.3) is 10.8 Å². The molecule has 0 atom stereocenters. The quantitative estimate of drug-likeness (QED) is 0.353. The molecule has 0 unspecified atom stereocenters. The van der Waals surface area contributed by atoms with Crippen molar-refractivity contribution < 1.29 is 0 Å². The van der Waals surface area contributed by atoms with Gasteiger partial charge in [0.1, 0.15) is 0 Å². The first-order valence-corrected chi connectivity index (χ1v) is 8.25. The van der Waals surface area contributed by atoms with Crippen molar-refractivity contribution in [3.05, 3.63) is 78.1 Å². The number of aromatic nitrogens is 1. The van der Waals surface area contributed by atoms with Crippen molar-refractivity contribution >= 4 is 40.7 Å². The zero-order valence-electron chi connectivity index (χ0n) is 14.3. The van der Waals surface area contributed by atoms with Crippen LogP contribution in [-0.2, 0) is 13.1 Å². The highest BCUT2D eigenvalue weighted by molar-refractivity contribution is 14.0. The summed E-state index contributed by atoms with van der Waals surface area (Å²) >= 11 is 0. The first-order chi connectivity index (χ1) is 11.8. The van der Waals surface area contributed by atoms with Crippen molar-refractivity contribution in [3.63, 3.8) is 0 Å². The Bertz CT molecular complexity index is 818. The highest BCUT2D eigenvalue weighted by atomic mass is 127. The Hall–Kier alpha value is -2.15. The predicted octanol–water partition coefficient (Wildman–Crippen LogP) is 4.11. The average molecular weight is 446 g/mol. The smallest absolute Gasteiger partial charge is 0.191 e. The molecule has 5 heteroatoms. The van der Waals surface area contributed by atoms with E-state index in [1.54, 1.807) is 6.20 Å². The molecule has 1 heterocycles. The SMILES string of the molecule is CCNC(=NCc1ccc2ccccc2c1)NCc1ccccn1.I. The molecule has 0 fully saturated rings. The maximum Gasteiger partial charge on any atom is 0.191 e. The molecule has 0 aliphatic heterocycles. The normalized spacial score (nSPS) is 11.0. The van der Waals surface area contributed by atoms with Gasteiger partial charge in [0.15, 0.2) is 5.96 Å². The fraction of sp³-hybridized carbons (Fsp3) is 0.200. The monoisotopic (exact) mass is 446 g/mol. The van der Waals surface area contributed by atoms with Gasteiger partial charge in [0, 0.05) is 12.7 Å². The molecule has 0 aliphatic carbocycles. The number of guanidine groups is 1. The van der Waals surface area contributed by atoms with E-state index in [4.69, 9.17) is 0 Å². The highest BCUT2D eigenvalue weighted by Crippen LogP contribution is 2.16. The Morgan fingerprint density at radius 2 is 1.76 bits per heavy atom. The third-order valence-electron chi connectivity index (χ3n) is 3.74. The average Bonchev–Trinajstić information content (AvgIpc) is 2.64. The molecule has 0 aliphatic rings. The molecular weight excluding hydrogens is 423 g/mol. The molecule has 0 saturated heterocycles. The summed E-state index contributed by atoms with van der Waals surface area (Å²) in [4.78, 5) is 8.99. The molecule has 0 bridgehead atoms. The van der Waals surface area contributed by atoms with Gasteiger partial charge in [-0.2, -0.15) is 0 Å². The lowest BCUT2D eigenvalue weighted by atomic mass is 10.1. The van der Waals surface area contributed by atoms with E-state index in [1.807, 2.05) is 18.2 Å². The summed E-state index contributed by atoms with van der Waals surface area (Å²) in [6.07, 6.45) is 1.80. The Balaban J connectivity index is 0.00000225. The topological polar surface area (TPSA) is 49.3 Å². The van der Waals surface area contributed by atoms with Crippen LogP contribution in [0.3, 0.4) is 0 Å². The molecule has 0 spiro atoms. The second-order valence-electron chi connectivity index (χ2n) is 5.55. The van der Waals surface area contributed by atoms with Crippen LogP contribution in [0.2, 0.25) is 0 Å². The summed E-state index contributed by atoms with van der Waals surface area (Å²) < 4.78 is 0. The number of hydrogen-bond donors (Lipinski definition) is 2. The molecule has 2 N–H and O–H groups in total. The molecular formula is C20H23IN4. The Morgan fingerprint density at radius 1 is 0.960 bits per heavy atom. The van der Waals surface area contributed by atoms with Crippen LogP contribution in [0.4, 0.5) is 0 Å². The second-order valence-corrected chi connectivity index (χ2v) is 5.55. The first kappa shape index (κ1) is 19.2. The third kappa shape index (κ3) is 5.70. The lowest BCUT2D eigenvalue weighted by Gasteiger charge is -2.11. The number of benzene rings is 2. The van der Waals surface area contributed by atoms with Crippen LogP contribution >= 0.6 is 24.0 Å². The minimum Gasteiger partial charge on any atom is -0.357 e. The summed E-state index contributed by atoms with van der Waals surface area (Å²) in [6, 6.07) is 20.8. The van der Waals surface area contributed by atoms with E-state index in [-0.39, 0.29) is 24.0 Å². The van der Waals surface area contributed by atoms with E-state index in [0.29, 0.717) is 13.1 Å². The summed E-state index contributed by atoms with van der Waals surface area (Å²) in [5, 5.41) is 9.09. The maximum absolute atomic E-state index is 4.67. The van der Waals surface area contributed by atoms with Crippen molar-refractivity contribution in [1.29, 1.82) is 0 Å². The summed E-state index contributed by atoms with van der Waals surface area (Å²) in [5.41, 5.74) is 2.19. The van der Waals surface area contributed by atoms with Crippen molar-refractivity contribution in [3.8, 4) is 0 Å². The summed E-state index contributed by atoms with van der Waals surface area (Å²) in [5.74, 6) is 0.802. The number of rotatable bonds is 5. The molecule has 2 aromatic carbocycles. The summed E-state index contributed by atoms with van der Waals surface area (Å²) in [6.45, 7) is 4.19. The fourth-order valence-corrected chi connectivity index (χ4v) is 2.53. The van der Waals surface area contributed by atoms with Crippen molar-refractivity contribution in [2.24, 2.45) is 4.99 Å². The largest absolute Gasteiger partial charge is 0.357 e. The van der Waals surface area contributed by atoms with Gasteiger partial charge in [-0.1, -0.05) is 42.5 Å². The minimum atomic E-state index is 0. The second kappa shape index (κ2) is 9.98. The first-order valence-electron chi connectivity index (χ1n) is 8.25. The number of halogens is 1. The Morgan fingerprint density at radius 3 is 2.52 bits per heavy atom. The molecule has 25 heavy (non-hydrogen) atoms. The third-order valence-corrected chi connectivity index (χ3v) is 3.74. The Kier molecular flexibility index (Phi) is 7.66. The summed E-state index contributed by atoms with van der Waals surface area (Å²) in [7, 11) is 0. The van der Waals surface area contributed by atoms with Gasteiger partial charge in [-0.25, -0.2) is 4.99 Å². The number of nitrogens with one attached hydrogen (secondary N) is 2. The predicted molar refractivity (Wildman–Crippen MR) is 115 cm³/mol. The van der Waals surface area contributed by atoms with Crippen LogP contribution in [0.5, 0.6) is 0 Å². The van der Waals surface area contributed by atoms with Gasteiger partial charge in [0.2, 0.25) is 0 Å². The molecule has 3 aromatic rings. The molecule has 0 amide bonds. The van der Waals surface area contributed by atoms with E-state index in [0.717, 1.165) is 18.2 Å². The lowest BCUT2D eigenvalue weighted by molar-refractivity contribution is 0.800. The van der Waals surface area contributed by atoms with Crippen LogP contribution in [0.1, 0.15) is 18.2 Å². The van der Waals surface area contributed by atoms with Gasteiger partial charge < -0.3 is 10.6 Å². The number of fused-ring (bicyclic) bond motifs is 1. The van der Waals surface area contributed by atoms with Gasteiger partial charge in [0.05, 0.1) is 18.8 Å². The van der Waals surface area contributed by atoms with Gasteiger partial charge in [-0.15, -0.1) is 24.0 Å². The van der Waals surface area contributed by atoms with Gasteiger partial charge >= 0.3 is 0 Å². The number of aliphatic imine (C=N–C) groups is 1. The van der Waals surface area contributed by atoms with E-state index in [2.05, 4.69) is 70.0 Å². The maximum atomic E-state index is 4.67. The van der Waals surface area contributed by atoms with E-state index in [1.165, 1.54) is 16.3 Å². The molecule has 3 rings (SSSR count). The van der Waals surface area contributed by atoms with E-state index < -0.39 is 0 Å². The number of nitrogens with zero attached hydrogens (tertiary/aromatic N) is 2. The Labute approximate surface area is 165 Å². The zero-order valence-corrected chi connectivity index (χ0v) is 16.6. The number of hydrogen-bond acceptors (Lipinski definition) is 2. The van der Waals surface area contributed by atoms with Crippen molar-refractivity contribution in [2.75, 3.05) is 6.54 Å². The zero-order chi connectivity index (χ0) is 16.6. The molecule has 130 valence electrons. The van der Waals surface area contributed by atoms with Crippen LogP contribution in [0.15, 0.2) is 71.9 Å². The van der Waals surface area contributed by atoms with Crippen LogP contribution in [-0.4, -0.2) is 17.5 Å². The van der Waals surface area contributed by atoms with Crippen molar-refractivity contribution in [1.82, 2.24) is 15.6 Å².